The smallest absolute Gasteiger partial charge is 0.245 e. The van der Waals surface area contributed by atoms with Crippen LogP contribution >= 0.6 is 0 Å². The number of nitrogens with two attached hydrogens (primary N) is 1. The molecule has 0 aliphatic carbocycles. The largest absolute Gasteiger partial charge is 0.424 e. The number of fused-ring (bicyclic) bond motifs is 4. The number of aryl methyl sites for hydroxylation is 1. The van der Waals surface area contributed by atoms with Crippen LogP contribution in [0.4, 0.5) is 5.69 Å². The first-order valence-electron chi connectivity index (χ1n) is 7.20. The van der Waals surface area contributed by atoms with Crippen LogP contribution in [0.1, 0.15) is 22.4 Å². The van der Waals surface area contributed by atoms with E-state index in [0.717, 1.165) is 16.8 Å². The first kappa shape index (κ1) is 13.5. The molecular weight excluding hydrogens is 292 g/mol. The Morgan fingerprint density at radius 3 is 2.78 bits per heavy atom. The lowest BCUT2D eigenvalue weighted by Crippen LogP contribution is -2.42. The first-order chi connectivity index (χ1) is 11.0. The number of H-pyrrole nitrogens is 1. The van der Waals surface area contributed by atoms with Crippen molar-refractivity contribution in [1.82, 2.24) is 4.98 Å². The van der Waals surface area contributed by atoms with Crippen molar-refractivity contribution in [3.63, 3.8) is 0 Å². The van der Waals surface area contributed by atoms with Gasteiger partial charge in [0.2, 0.25) is 17.7 Å². The zero-order valence-electron chi connectivity index (χ0n) is 12.7. The van der Waals surface area contributed by atoms with E-state index in [0.29, 0.717) is 17.1 Å². The van der Waals surface area contributed by atoms with E-state index in [2.05, 4.69) is 16.4 Å². The molecule has 0 unspecified atom stereocenters. The summed E-state index contributed by atoms with van der Waals surface area (Å²) in [5, 5.41) is 12.6. The Balaban J connectivity index is 2.19. The van der Waals surface area contributed by atoms with E-state index >= 15 is 0 Å². The van der Waals surface area contributed by atoms with Gasteiger partial charge in [0, 0.05) is 22.5 Å². The normalized spacial score (nSPS) is 21.5. The van der Waals surface area contributed by atoms with Crippen LogP contribution < -0.4 is 15.8 Å². The molecule has 1 spiro atoms. The number of aromatic nitrogens is 1. The summed E-state index contributed by atoms with van der Waals surface area (Å²) in [6.07, 6.45) is 0. The first-order valence-corrected chi connectivity index (χ1v) is 7.20. The minimum absolute atomic E-state index is 0.0481. The summed E-state index contributed by atoms with van der Waals surface area (Å²) in [6.45, 7) is 3.80. The van der Waals surface area contributed by atoms with Gasteiger partial charge >= 0.3 is 0 Å². The third-order valence-corrected chi connectivity index (χ3v) is 4.71. The van der Waals surface area contributed by atoms with Crippen LogP contribution in [0.15, 0.2) is 35.7 Å². The zero-order chi connectivity index (χ0) is 16.4. The van der Waals surface area contributed by atoms with E-state index < -0.39 is 5.41 Å². The van der Waals surface area contributed by atoms with Gasteiger partial charge in [-0.05, 0) is 25.5 Å². The van der Waals surface area contributed by atoms with E-state index in [1.165, 1.54) is 0 Å². The highest BCUT2D eigenvalue weighted by molar-refractivity contribution is 6.12. The molecule has 1 aromatic carbocycles. The number of nitriles is 1. The van der Waals surface area contributed by atoms with Crippen LogP contribution in [0.3, 0.4) is 0 Å². The summed E-state index contributed by atoms with van der Waals surface area (Å²) in [6, 6.07) is 9.43. The molecule has 23 heavy (non-hydrogen) atoms. The average Bonchev–Trinajstić information content (AvgIpc) is 2.96. The number of anilines is 1. The summed E-state index contributed by atoms with van der Waals surface area (Å²) in [5.41, 5.74) is 8.64. The molecule has 0 bridgehead atoms. The second kappa shape index (κ2) is 4.17. The number of rotatable bonds is 0. The number of aromatic amines is 1. The maximum Gasteiger partial charge on any atom is 0.245 e. The Kier molecular flexibility index (Phi) is 2.44. The standard InChI is InChI=1S/C17H14N4O2/c1-8-9(2)20-15-13(8)17(11(7-18)14(19)23-15)10-5-3-4-6-12(10)21-16(17)22/h3-6,20H,19H2,1-2H3,(H,21,22)/t17-/m0/s1. The van der Waals surface area contributed by atoms with E-state index in [-0.39, 0.29) is 17.4 Å². The Labute approximate surface area is 132 Å². The molecule has 4 N–H and O–H groups in total. The molecular formula is C17H14N4O2. The lowest BCUT2D eigenvalue weighted by Gasteiger charge is -2.32. The fourth-order valence-electron chi connectivity index (χ4n) is 3.58. The summed E-state index contributed by atoms with van der Waals surface area (Å²) >= 11 is 0. The number of carbonyl (C=O) groups excluding carboxylic acids is 1. The van der Waals surface area contributed by atoms with Crippen molar-refractivity contribution in [2.24, 2.45) is 5.73 Å². The van der Waals surface area contributed by atoms with Crippen molar-refractivity contribution in [2.75, 3.05) is 5.32 Å². The van der Waals surface area contributed by atoms with Gasteiger partial charge in [-0.2, -0.15) is 5.26 Å². The number of amides is 1. The Bertz CT molecular complexity index is 948. The number of hydrogen-bond donors (Lipinski definition) is 3. The summed E-state index contributed by atoms with van der Waals surface area (Å²) in [4.78, 5) is 16.1. The van der Waals surface area contributed by atoms with Gasteiger partial charge in [-0.15, -0.1) is 0 Å². The number of nitrogens with zero attached hydrogens (tertiary/aromatic N) is 1. The van der Waals surface area contributed by atoms with Crippen molar-refractivity contribution in [2.45, 2.75) is 19.3 Å². The molecule has 0 fully saturated rings. The summed E-state index contributed by atoms with van der Waals surface area (Å²) in [7, 11) is 0. The fourth-order valence-corrected chi connectivity index (χ4v) is 3.58. The van der Waals surface area contributed by atoms with Gasteiger partial charge in [0.1, 0.15) is 17.1 Å². The number of benzene rings is 1. The molecule has 1 atom stereocenters. The van der Waals surface area contributed by atoms with Crippen molar-refractivity contribution >= 4 is 11.6 Å². The van der Waals surface area contributed by atoms with Crippen LogP contribution in [-0.4, -0.2) is 10.9 Å². The monoisotopic (exact) mass is 306 g/mol. The maximum absolute atomic E-state index is 13.0. The number of para-hydroxylation sites is 1. The molecule has 0 radical (unpaired) electrons. The Hall–Kier alpha value is -3.20. The van der Waals surface area contributed by atoms with Crippen molar-refractivity contribution in [3.05, 3.63) is 58.1 Å². The number of carbonyl (C=O) groups is 1. The van der Waals surface area contributed by atoms with Gasteiger partial charge in [-0.25, -0.2) is 0 Å². The zero-order valence-corrected chi connectivity index (χ0v) is 12.7. The van der Waals surface area contributed by atoms with Gasteiger partial charge in [0.25, 0.3) is 0 Å². The lowest BCUT2D eigenvalue weighted by molar-refractivity contribution is -0.118. The van der Waals surface area contributed by atoms with Crippen LogP contribution in [0.25, 0.3) is 0 Å². The second-order valence-corrected chi connectivity index (χ2v) is 5.78. The Morgan fingerprint density at radius 2 is 2.04 bits per heavy atom. The molecule has 6 nitrogen and oxygen atoms in total. The van der Waals surface area contributed by atoms with E-state index in [1.54, 1.807) is 0 Å². The average molecular weight is 306 g/mol. The van der Waals surface area contributed by atoms with Crippen LogP contribution in [0.2, 0.25) is 0 Å². The number of hydrogen-bond acceptors (Lipinski definition) is 4. The molecule has 1 aromatic heterocycles. The van der Waals surface area contributed by atoms with Crippen molar-refractivity contribution < 1.29 is 9.53 Å². The minimum atomic E-state index is -1.27. The van der Waals surface area contributed by atoms with Gasteiger partial charge in [-0.3, -0.25) is 4.79 Å². The fraction of sp³-hybridized carbons (Fsp3) is 0.176. The second-order valence-electron chi connectivity index (χ2n) is 5.78. The van der Waals surface area contributed by atoms with E-state index in [4.69, 9.17) is 10.5 Å². The summed E-state index contributed by atoms with van der Waals surface area (Å²) in [5.74, 6) is 0.0845. The number of nitrogens with one attached hydrogen (secondary N) is 2. The molecule has 4 rings (SSSR count). The molecule has 0 saturated carbocycles. The third-order valence-electron chi connectivity index (χ3n) is 4.71. The van der Waals surface area contributed by atoms with Crippen LogP contribution in [-0.2, 0) is 10.2 Å². The minimum Gasteiger partial charge on any atom is -0.424 e. The Morgan fingerprint density at radius 1 is 1.30 bits per heavy atom. The predicted molar refractivity (Wildman–Crippen MR) is 83.6 cm³/mol. The van der Waals surface area contributed by atoms with E-state index in [1.807, 2.05) is 38.1 Å². The molecule has 114 valence electrons. The summed E-state index contributed by atoms with van der Waals surface area (Å²) < 4.78 is 5.59. The molecule has 2 aliphatic rings. The molecule has 2 aliphatic heterocycles. The topological polar surface area (TPSA) is 104 Å². The SMILES string of the molecule is Cc1[nH]c2c(c1C)[C@@]1(C(=O)Nc3ccccc31)C(C#N)=C(N)O2. The molecule has 3 heterocycles. The van der Waals surface area contributed by atoms with Crippen molar-refractivity contribution in [3.8, 4) is 11.9 Å². The predicted octanol–water partition coefficient (Wildman–Crippen LogP) is 1.96. The lowest BCUT2D eigenvalue weighted by atomic mass is 9.68. The van der Waals surface area contributed by atoms with Gasteiger partial charge in [-0.1, -0.05) is 18.2 Å². The van der Waals surface area contributed by atoms with Crippen molar-refractivity contribution in [1.29, 1.82) is 5.26 Å². The maximum atomic E-state index is 13.0. The van der Waals surface area contributed by atoms with Crippen LogP contribution in [0.5, 0.6) is 5.88 Å². The molecule has 1 amide bonds. The number of ether oxygens (including phenoxy) is 1. The van der Waals surface area contributed by atoms with Gasteiger partial charge in [0.05, 0.1) is 0 Å². The molecule has 6 heteroatoms. The van der Waals surface area contributed by atoms with E-state index in [9.17, 15) is 10.1 Å². The highest BCUT2D eigenvalue weighted by Gasteiger charge is 2.57. The van der Waals surface area contributed by atoms with Crippen LogP contribution in [0, 0.1) is 25.2 Å². The highest BCUT2D eigenvalue weighted by Crippen LogP contribution is 2.54. The van der Waals surface area contributed by atoms with Gasteiger partial charge < -0.3 is 20.8 Å². The quantitative estimate of drug-likeness (QED) is 0.692. The third kappa shape index (κ3) is 1.39. The molecule has 0 saturated heterocycles. The highest BCUT2D eigenvalue weighted by atomic mass is 16.5. The van der Waals surface area contributed by atoms with Gasteiger partial charge in [0.15, 0.2) is 0 Å². The molecule has 2 aromatic rings.